The lowest BCUT2D eigenvalue weighted by atomic mass is 9.97. The summed E-state index contributed by atoms with van der Waals surface area (Å²) in [5, 5.41) is 9.26. The molecule has 0 atom stereocenters. The van der Waals surface area contributed by atoms with Crippen LogP contribution in [0.5, 0.6) is 5.75 Å². The van der Waals surface area contributed by atoms with Crippen molar-refractivity contribution in [2.24, 2.45) is 5.73 Å². The highest BCUT2D eigenvalue weighted by molar-refractivity contribution is 6.02. The van der Waals surface area contributed by atoms with Gasteiger partial charge in [-0.3, -0.25) is 4.79 Å². The molecule has 0 aliphatic heterocycles. The zero-order chi connectivity index (χ0) is 19.1. The summed E-state index contributed by atoms with van der Waals surface area (Å²) in [5.41, 5.74) is 10.2. The summed E-state index contributed by atoms with van der Waals surface area (Å²) >= 11 is 0. The van der Waals surface area contributed by atoms with Crippen molar-refractivity contribution >= 4 is 5.91 Å². The van der Waals surface area contributed by atoms with Crippen LogP contribution in [0.25, 0.3) is 11.1 Å². The number of unbranched alkanes of at least 4 members (excludes halogenated alkanes) is 2. The van der Waals surface area contributed by atoms with Crippen molar-refractivity contribution in [2.45, 2.75) is 52.5 Å². The summed E-state index contributed by atoms with van der Waals surface area (Å²) in [7, 11) is 1.63. The second kappa shape index (κ2) is 9.43. The first-order valence-electron chi connectivity index (χ1n) is 9.32. The lowest BCUT2D eigenvalue weighted by Gasteiger charge is -2.13. The Morgan fingerprint density at radius 1 is 1.19 bits per heavy atom. The molecule has 1 heterocycles. The van der Waals surface area contributed by atoms with Crippen LogP contribution in [0.1, 0.15) is 54.4 Å². The van der Waals surface area contributed by atoms with Gasteiger partial charge in [0.1, 0.15) is 5.75 Å². The van der Waals surface area contributed by atoms with Crippen LogP contribution in [0.15, 0.2) is 24.3 Å². The smallest absolute Gasteiger partial charge is 0.251 e. The van der Waals surface area contributed by atoms with Crippen molar-refractivity contribution in [3.63, 3.8) is 0 Å². The molecule has 142 valence electrons. The normalized spacial score (nSPS) is 10.9. The van der Waals surface area contributed by atoms with Crippen LogP contribution >= 0.6 is 0 Å². The molecule has 0 spiro atoms. The molecule has 0 saturated heterocycles. The largest absolute Gasteiger partial charge is 0.497 e. The topological polar surface area (TPSA) is 77.5 Å². The summed E-state index contributed by atoms with van der Waals surface area (Å²) in [6.45, 7) is 4.92. The van der Waals surface area contributed by atoms with E-state index >= 15 is 0 Å². The van der Waals surface area contributed by atoms with Crippen LogP contribution in [0.3, 0.4) is 0 Å². The van der Waals surface area contributed by atoms with Gasteiger partial charge in [-0.1, -0.05) is 31.9 Å². The molecule has 26 heavy (non-hydrogen) atoms. The van der Waals surface area contributed by atoms with E-state index in [1.807, 2.05) is 31.2 Å². The lowest BCUT2D eigenvalue weighted by molar-refractivity contribution is 0.1000. The maximum absolute atomic E-state index is 12.2. The summed E-state index contributed by atoms with van der Waals surface area (Å²) < 4.78 is 7.41. The van der Waals surface area contributed by atoms with Crippen molar-refractivity contribution in [2.75, 3.05) is 13.7 Å². The number of aliphatic hydroxyl groups excluding tert-OH is 1. The number of methoxy groups -OCH3 is 1. The zero-order valence-electron chi connectivity index (χ0n) is 16.0. The van der Waals surface area contributed by atoms with Gasteiger partial charge >= 0.3 is 0 Å². The molecule has 5 heteroatoms. The third-order valence-corrected chi connectivity index (χ3v) is 4.81. The summed E-state index contributed by atoms with van der Waals surface area (Å²) in [4.78, 5) is 12.2. The number of primary amides is 1. The number of rotatable bonds is 10. The van der Waals surface area contributed by atoms with Crippen LogP contribution in [-0.2, 0) is 13.0 Å². The Labute approximate surface area is 155 Å². The summed E-state index contributed by atoms with van der Waals surface area (Å²) in [6, 6.07) is 7.74. The Balaban J connectivity index is 2.61. The van der Waals surface area contributed by atoms with E-state index in [1.54, 1.807) is 7.11 Å². The van der Waals surface area contributed by atoms with E-state index in [2.05, 4.69) is 11.5 Å². The Kier molecular flexibility index (Phi) is 7.27. The number of ether oxygens (including phenoxy) is 1. The van der Waals surface area contributed by atoms with Gasteiger partial charge in [0.25, 0.3) is 5.91 Å². The number of carbonyl (C=O) groups excluding carboxylic acids is 1. The Morgan fingerprint density at radius 3 is 2.42 bits per heavy atom. The molecule has 2 rings (SSSR count). The van der Waals surface area contributed by atoms with Crippen LogP contribution in [0, 0.1) is 6.92 Å². The van der Waals surface area contributed by atoms with E-state index in [-0.39, 0.29) is 6.61 Å². The summed E-state index contributed by atoms with van der Waals surface area (Å²) in [5.74, 6) is 0.367. The molecule has 3 N–H and O–H groups in total. The number of hydrogen-bond donors (Lipinski definition) is 2. The fourth-order valence-corrected chi connectivity index (χ4v) is 3.50. The molecule has 0 aliphatic carbocycles. The van der Waals surface area contributed by atoms with Crippen LogP contribution in [0.4, 0.5) is 0 Å². The predicted molar refractivity (Wildman–Crippen MR) is 105 cm³/mol. The molecule has 0 fully saturated rings. The second-order valence-electron chi connectivity index (χ2n) is 6.56. The highest BCUT2D eigenvalue weighted by atomic mass is 16.5. The highest BCUT2D eigenvalue weighted by Crippen LogP contribution is 2.35. The van der Waals surface area contributed by atoms with Crippen LogP contribution < -0.4 is 10.5 Å². The van der Waals surface area contributed by atoms with Gasteiger partial charge in [-0.25, -0.2) is 0 Å². The zero-order valence-corrected chi connectivity index (χ0v) is 16.0. The second-order valence-corrected chi connectivity index (χ2v) is 6.56. The van der Waals surface area contributed by atoms with Crippen molar-refractivity contribution in [3.05, 3.63) is 41.2 Å². The number of benzene rings is 1. The van der Waals surface area contributed by atoms with Gasteiger partial charge in [-0.05, 0) is 43.9 Å². The minimum Gasteiger partial charge on any atom is -0.497 e. The molecule has 1 amide bonds. The molecular formula is C21H30N2O3. The molecule has 0 aliphatic rings. The van der Waals surface area contributed by atoms with E-state index in [4.69, 9.17) is 10.5 Å². The molecule has 2 aromatic rings. The maximum Gasteiger partial charge on any atom is 0.251 e. The highest BCUT2D eigenvalue weighted by Gasteiger charge is 2.24. The van der Waals surface area contributed by atoms with E-state index in [0.29, 0.717) is 18.5 Å². The minimum absolute atomic E-state index is 0.121. The van der Waals surface area contributed by atoms with E-state index < -0.39 is 5.91 Å². The number of amides is 1. The molecule has 0 radical (unpaired) electrons. The molecule has 5 nitrogen and oxygen atoms in total. The number of nitrogens with two attached hydrogens (primary N) is 1. The molecular weight excluding hydrogens is 328 g/mol. The van der Waals surface area contributed by atoms with Crippen molar-refractivity contribution in [1.82, 2.24) is 4.57 Å². The Hall–Kier alpha value is -2.27. The molecule has 0 unspecified atom stereocenters. The third-order valence-electron chi connectivity index (χ3n) is 4.81. The van der Waals surface area contributed by atoms with E-state index in [9.17, 15) is 9.90 Å². The third kappa shape index (κ3) is 4.28. The van der Waals surface area contributed by atoms with Crippen molar-refractivity contribution < 1.29 is 14.6 Å². The number of aliphatic hydroxyl groups is 1. The average Bonchev–Trinajstić information content (AvgIpc) is 2.92. The van der Waals surface area contributed by atoms with Gasteiger partial charge in [0.2, 0.25) is 0 Å². The Morgan fingerprint density at radius 2 is 1.88 bits per heavy atom. The van der Waals surface area contributed by atoms with Gasteiger partial charge in [0.05, 0.1) is 12.7 Å². The summed E-state index contributed by atoms with van der Waals surface area (Å²) in [6.07, 6.45) is 4.86. The molecule has 0 bridgehead atoms. The van der Waals surface area contributed by atoms with Gasteiger partial charge in [0, 0.05) is 30.1 Å². The molecule has 0 saturated carbocycles. The number of hydrogen-bond acceptors (Lipinski definition) is 3. The monoisotopic (exact) mass is 358 g/mol. The standard InChI is InChI=1S/C21H30N2O3/c1-4-5-6-8-18-20(16-9-11-17(26-3)12-10-16)19(21(22)25)15(2)23(18)13-7-14-24/h9-12,24H,4-8,13-14H2,1-3H3,(H2,22,25). The van der Waals surface area contributed by atoms with Gasteiger partial charge in [-0.15, -0.1) is 0 Å². The van der Waals surface area contributed by atoms with Crippen LogP contribution in [-0.4, -0.2) is 29.3 Å². The number of carbonyl (C=O) groups is 1. The van der Waals surface area contributed by atoms with Gasteiger partial charge in [0.15, 0.2) is 0 Å². The SMILES string of the molecule is CCCCCc1c(-c2ccc(OC)cc2)c(C(N)=O)c(C)n1CCCO. The minimum atomic E-state index is -0.409. The predicted octanol–water partition coefficient (Wildman–Crippen LogP) is 3.69. The number of nitrogens with zero attached hydrogens (tertiary/aromatic N) is 1. The van der Waals surface area contributed by atoms with Crippen molar-refractivity contribution in [1.29, 1.82) is 0 Å². The number of aromatic nitrogens is 1. The van der Waals surface area contributed by atoms with E-state index in [1.165, 1.54) is 0 Å². The fraction of sp³-hybridized carbons (Fsp3) is 0.476. The van der Waals surface area contributed by atoms with Crippen LogP contribution in [0.2, 0.25) is 0 Å². The first-order chi connectivity index (χ1) is 12.5. The first kappa shape index (κ1) is 20.0. The quantitative estimate of drug-likeness (QED) is 0.636. The molecule has 1 aromatic heterocycles. The van der Waals surface area contributed by atoms with Gasteiger partial charge < -0.3 is 20.1 Å². The van der Waals surface area contributed by atoms with Crippen molar-refractivity contribution in [3.8, 4) is 16.9 Å². The van der Waals surface area contributed by atoms with Gasteiger partial charge in [-0.2, -0.15) is 0 Å². The Bertz CT molecular complexity index is 733. The van der Waals surface area contributed by atoms with E-state index in [0.717, 1.165) is 53.9 Å². The fourth-order valence-electron chi connectivity index (χ4n) is 3.50. The maximum atomic E-state index is 12.2. The first-order valence-corrected chi connectivity index (χ1v) is 9.32. The molecule has 1 aromatic carbocycles. The lowest BCUT2D eigenvalue weighted by Crippen LogP contribution is -2.13. The average molecular weight is 358 g/mol.